The van der Waals surface area contributed by atoms with Gasteiger partial charge in [-0.2, -0.15) is 5.06 Å². The highest BCUT2D eigenvalue weighted by molar-refractivity contribution is 4.75. The predicted octanol–water partition coefficient (Wildman–Crippen LogP) is -0.591. The van der Waals surface area contributed by atoms with Gasteiger partial charge in [0.1, 0.15) is 0 Å². The zero-order valence-corrected chi connectivity index (χ0v) is 4.17. The Labute approximate surface area is 42.7 Å². The monoisotopic (exact) mass is 102 g/mol. The molecule has 0 aromatic rings. The summed E-state index contributed by atoms with van der Waals surface area (Å²) in [5, 5.41) is 9.94. The lowest BCUT2D eigenvalue weighted by atomic mass is 10.1. The molecular weight excluding hydrogens is 92.1 g/mol. The molecule has 1 aliphatic rings. The van der Waals surface area contributed by atoms with Crippen molar-refractivity contribution < 1.29 is 5.21 Å². The SMILES string of the molecule is NCC1CCN1O. The molecule has 0 aliphatic carbocycles. The molecule has 0 bridgehead atoms. The van der Waals surface area contributed by atoms with E-state index in [2.05, 4.69) is 0 Å². The van der Waals surface area contributed by atoms with E-state index in [0.717, 1.165) is 13.0 Å². The molecule has 1 rings (SSSR count). The van der Waals surface area contributed by atoms with Gasteiger partial charge in [0.25, 0.3) is 0 Å². The fourth-order valence-corrected chi connectivity index (χ4v) is 0.667. The molecule has 0 saturated carbocycles. The Morgan fingerprint density at radius 2 is 2.57 bits per heavy atom. The molecule has 1 saturated heterocycles. The summed E-state index contributed by atoms with van der Waals surface area (Å²) >= 11 is 0. The fourth-order valence-electron chi connectivity index (χ4n) is 0.667. The fraction of sp³-hybridized carbons (Fsp3) is 1.00. The minimum absolute atomic E-state index is 0.250. The maximum absolute atomic E-state index is 8.66. The number of hydrogen-bond acceptors (Lipinski definition) is 3. The van der Waals surface area contributed by atoms with Gasteiger partial charge in [-0.25, -0.2) is 0 Å². The van der Waals surface area contributed by atoms with E-state index in [4.69, 9.17) is 10.9 Å². The molecule has 0 spiro atoms. The van der Waals surface area contributed by atoms with E-state index in [0.29, 0.717) is 6.54 Å². The molecule has 1 unspecified atom stereocenters. The van der Waals surface area contributed by atoms with Crippen molar-refractivity contribution in [1.29, 1.82) is 0 Å². The first kappa shape index (κ1) is 5.03. The summed E-state index contributed by atoms with van der Waals surface area (Å²) < 4.78 is 0. The van der Waals surface area contributed by atoms with Crippen molar-refractivity contribution >= 4 is 0 Å². The zero-order valence-electron chi connectivity index (χ0n) is 4.17. The van der Waals surface area contributed by atoms with E-state index in [1.807, 2.05) is 0 Å². The van der Waals surface area contributed by atoms with Gasteiger partial charge < -0.3 is 10.9 Å². The zero-order chi connectivity index (χ0) is 5.28. The smallest absolute Gasteiger partial charge is 0.0485 e. The highest BCUT2D eigenvalue weighted by Crippen LogP contribution is 2.10. The average Bonchev–Trinajstić information content (AvgIpc) is 1.65. The topological polar surface area (TPSA) is 49.5 Å². The Morgan fingerprint density at radius 3 is 2.57 bits per heavy atom. The van der Waals surface area contributed by atoms with Crippen LogP contribution in [0.25, 0.3) is 0 Å². The third-order valence-corrected chi connectivity index (χ3v) is 1.38. The van der Waals surface area contributed by atoms with Crippen molar-refractivity contribution in [2.45, 2.75) is 12.5 Å². The van der Waals surface area contributed by atoms with Crippen LogP contribution in [0.5, 0.6) is 0 Å². The van der Waals surface area contributed by atoms with E-state index < -0.39 is 0 Å². The van der Waals surface area contributed by atoms with Crippen LogP contribution in [-0.4, -0.2) is 29.4 Å². The van der Waals surface area contributed by atoms with Crippen LogP contribution in [0.2, 0.25) is 0 Å². The molecule has 1 aliphatic heterocycles. The standard InChI is InChI=1S/C4H10N2O/c5-3-4-1-2-6(4)7/h4,7H,1-3,5H2. The Hall–Kier alpha value is -0.120. The summed E-state index contributed by atoms with van der Waals surface area (Å²) in [6, 6.07) is 0.250. The summed E-state index contributed by atoms with van der Waals surface area (Å²) in [6.07, 6.45) is 1.05. The van der Waals surface area contributed by atoms with E-state index in [1.165, 1.54) is 5.06 Å². The maximum Gasteiger partial charge on any atom is 0.0485 e. The highest BCUT2D eigenvalue weighted by Gasteiger charge is 2.23. The Kier molecular flexibility index (Phi) is 1.27. The first-order valence-corrected chi connectivity index (χ1v) is 2.50. The number of rotatable bonds is 1. The number of nitrogens with zero attached hydrogens (tertiary/aromatic N) is 1. The molecule has 7 heavy (non-hydrogen) atoms. The normalized spacial score (nSPS) is 32.6. The summed E-state index contributed by atoms with van der Waals surface area (Å²) in [7, 11) is 0. The van der Waals surface area contributed by atoms with E-state index >= 15 is 0 Å². The molecule has 1 atom stereocenters. The first-order valence-electron chi connectivity index (χ1n) is 2.50. The summed E-state index contributed by atoms with van der Waals surface area (Å²) in [6.45, 7) is 1.37. The van der Waals surface area contributed by atoms with Gasteiger partial charge in [0, 0.05) is 19.1 Å². The van der Waals surface area contributed by atoms with Gasteiger partial charge in [-0.05, 0) is 6.42 Å². The predicted molar refractivity (Wildman–Crippen MR) is 26.0 cm³/mol. The Bertz CT molecular complexity index is 64.7. The van der Waals surface area contributed by atoms with Crippen LogP contribution < -0.4 is 5.73 Å². The van der Waals surface area contributed by atoms with Crippen molar-refractivity contribution in [2.24, 2.45) is 5.73 Å². The van der Waals surface area contributed by atoms with Crippen LogP contribution >= 0.6 is 0 Å². The molecule has 42 valence electrons. The number of nitrogens with two attached hydrogens (primary N) is 1. The van der Waals surface area contributed by atoms with Crippen LogP contribution in [0.4, 0.5) is 0 Å². The van der Waals surface area contributed by atoms with E-state index in [-0.39, 0.29) is 6.04 Å². The summed E-state index contributed by atoms with van der Waals surface area (Å²) in [5.41, 5.74) is 5.22. The molecule has 1 fully saturated rings. The van der Waals surface area contributed by atoms with Crippen LogP contribution in [-0.2, 0) is 0 Å². The third-order valence-electron chi connectivity index (χ3n) is 1.38. The van der Waals surface area contributed by atoms with Gasteiger partial charge in [-0.15, -0.1) is 0 Å². The molecule has 3 heteroatoms. The second-order valence-electron chi connectivity index (χ2n) is 1.84. The molecule has 0 amide bonds. The van der Waals surface area contributed by atoms with Crippen molar-refractivity contribution in [3.8, 4) is 0 Å². The second kappa shape index (κ2) is 1.78. The van der Waals surface area contributed by atoms with Gasteiger partial charge in [-0.1, -0.05) is 0 Å². The summed E-state index contributed by atoms with van der Waals surface area (Å²) in [5.74, 6) is 0. The molecule has 3 N–H and O–H groups in total. The lowest BCUT2D eigenvalue weighted by Gasteiger charge is -2.34. The largest absolute Gasteiger partial charge is 0.329 e. The summed E-state index contributed by atoms with van der Waals surface area (Å²) in [4.78, 5) is 0. The highest BCUT2D eigenvalue weighted by atomic mass is 16.5. The molecule has 0 aromatic heterocycles. The van der Waals surface area contributed by atoms with Crippen molar-refractivity contribution in [3.63, 3.8) is 0 Å². The van der Waals surface area contributed by atoms with Gasteiger partial charge in [-0.3, -0.25) is 0 Å². The van der Waals surface area contributed by atoms with Crippen LogP contribution in [0.15, 0.2) is 0 Å². The van der Waals surface area contributed by atoms with Crippen molar-refractivity contribution in [2.75, 3.05) is 13.1 Å². The average molecular weight is 102 g/mol. The molecular formula is C4H10N2O. The van der Waals surface area contributed by atoms with Gasteiger partial charge >= 0.3 is 0 Å². The maximum atomic E-state index is 8.66. The molecule has 1 heterocycles. The second-order valence-corrected chi connectivity index (χ2v) is 1.84. The lowest BCUT2D eigenvalue weighted by Crippen LogP contribution is -2.49. The van der Waals surface area contributed by atoms with Crippen LogP contribution in [0, 0.1) is 0 Å². The van der Waals surface area contributed by atoms with Crippen molar-refractivity contribution in [1.82, 2.24) is 5.06 Å². The quantitative estimate of drug-likeness (QED) is 0.465. The molecule has 3 nitrogen and oxygen atoms in total. The minimum atomic E-state index is 0.250. The Morgan fingerprint density at radius 1 is 1.86 bits per heavy atom. The lowest BCUT2D eigenvalue weighted by molar-refractivity contribution is -0.178. The van der Waals surface area contributed by atoms with Gasteiger partial charge in [0.15, 0.2) is 0 Å². The Balaban J connectivity index is 2.16. The number of hydroxylamine groups is 2. The molecule has 0 radical (unpaired) electrons. The van der Waals surface area contributed by atoms with Crippen LogP contribution in [0.1, 0.15) is 6.42 Å². The molecule has 0 aromatic carbocycles. The third kappa shape index (κ3) is 0.748. The van der Waals surface area contributed by atoms with Gasteiger partial charge in [0.2, 0.25) is 0 Å². The number of hydrogen-bond donors (Lipinski definition) is 2. The van der Waals surface area contributed by atoms with E-state index in [9.17, 15) is 0 Å². The first-order chi connectivity index (χ1) is 3.34. The van der Waals surface area contributed by atoms with E-state index in [1.54, 1.807) is 0 Å². The van der Waals surface area contributed by atoms with Gasteiger partial charge in [0.05, 0.1) is 0 Å². The minimum Gasteiger partial charge on any atom is -0.329 e. The van der Waals surface area contributed by atoms with Crippen LogP contribution in [0.3, 0.4) is 0 Å². The van der Waals surface area contributed by atoms with Crippen molar-refractivity contribution in [3.05, 3.63) is 0 Å².